The molecule has 1 aromatic heterocycles. The molecule has 5 nitrogen and oxygen atoms in total. The van der Waals surface area contributed by atoms with Gasteiger partial charge in [0, 0.05) is 19.0 Å². The second kappa shape index (κ2) is 5.72. The Bertz CT molecular complexity index is 652. The number of benzene rings is 1. The lowest BCUT2D eigenvalue weighted by Gasteiger charge is -2.22. The lowest BCUT2D eigenvalue weighted by molar-refractivity contribution is -0.141. The zero-order valence-electron chi connectivity index (χ0n) is 11.3. The minimum absolute atomic E-state index is 0.0502. The van der Waals surface area contributed by atoms with Crippen LogP contribution in [0.1, 0.15) is 10.5 Å². The van der Waals surface area contributed by atoms with Crippen LogP contribution >= 0.6 is 0 Å². The number of fused-ring (bicyclic) bond motifs is 1. The Hall–Kier alpha value is -2.09. The molecule has 114 valence electrons. The third-order valence-corrected chi connectivity index (χ3v) is 2.99. The number of alkyl halides is 3. The Balaban J connectivity index is 2.39. The van der Waals surface area contributed by atoms with Gasteiger partial charge >= 0.3 is 6.18 Å². The van der Waals surface area contributed by atoms with Crippen molar-refractivity contribution in [3.05, 3.63) is 30.0 Å². The number of hydrogen-bond acceptors (Lipinski definition) is 3. The molecule has 0 radical (unpaired) electrons. The summed E-state index contributed by atoms with van der Waals surface area (Å²) >= 11 is 0. The number of hydrogen-bond donors (Lipinski definition) is 1. The minimum Gasteiger partial charge on any atom is -0.395 e. The van der Waals surface area contributed by atoms with Crippen LogP contribution in [0, 0.1) is 0 Å². The molecule has 21 heavy (non-hydrogen) atoms. The molecule has 1 heterocycles. The molecule has 0 saturated carbocycles. The lowest BCUT2D eigenvalue weighted by atomic mass is 10.2. The van der Waals surface area contributed by atoms with Gasteiger partial charge < -0.3 is 10.0 Å². The molecular weight excluding hydrogens is 287 g/mol. The van der Waals surface area contributed by atoms with E-state index in [1.165, 1.54) is 4.68 Å². The SMILES string of the molecule is Cn1nc(C(=O)N(CCO)CC(F)(F)F)c2ccccc21. The van der Waals surface area contributed by atoms with E-state index in [9.17, 15) is 18.0 Å². The van der Waals surface area contributed by atoms with E-state index in [-0.39, 0.29) is 5.69 Å². The van der Waals surface area contributed by atoms with Crippen molar-refractivity contribution in [1.29, 1.82) is 0 Å². The topological polar surface area (TPSA) is 58.4 Å². The molecule has 8 heteroatoms. The molecular formula is C13H14F3N3O2. The molecule has 2 aromatic rings. The van der Waals surface area contributed by atoms with Crippen molar-refractivity contribution >= 4 is 16.8 Å². The highest BCUT2D eigenvalue weighted by Crippen LogP contribution is 2.22. The van der Waals surface area contributed by atoms with E-state index in [0.717, 1.165) is 0 Å². The van der Waals surface area contributed by atoms with Crippen molar-refractivity contribution in [2.45, 2.75) is 6.18 Å². The Morgan fingerprint density at radius 3 is 2.67 bits per heavy atom. The van der Waals surface area contributed by atoms with E-state index in [1.54, 1.807) is 31.3 Å². The van der Waals surface area contributed by atoms with Gasteiger partial charge in [-0.05, 0) is 6.07 Å². The van der Waals surface area contributed by atoms with Gasteiger partial charge in [0.25, 0.3) is 5.91 Å². The average Bonchev–Trinajstić information content (AvgIpc) is 2.74. The Kier molecular flexibility index (Phi) is 4.17. The molecule has 2 rings (SSSR count). The van der Waals surface area contributed by atoms with Gasteiger partial charge in [-0.3, -0.25) is 9.48 Å². The highest BCUT2D eigenvalue weighted by molar-refractivity contribution is 6.04. The fourth-order valence-corrected chi connectivity index (χ4v) is 2.11. The van der Waals surface area contributed by atoms with Crippen LogP contribution in [-0.2, 0) is 7.05 Å². The van der Waals surface area contributed by atoms with Gasteiger partial charge in [-0.15, -0.1) is 0 Å². The maximum Gasteiger partial charge on any atom is 0.406 e. The normalized spacial score (nSPS) is 11.9. The van der Waals surface area contributed by atoms with E-state index in [2.05, 4.69) is 5.10 Å². The first kappa shape index (κ1) is 15.3. The van der Waals surface area contributed by atoms with Crippen molar-refractivity contribution in [2.75, 3.05) is 19.7 Å². The first-order valence-corrected chi connectivity index (χ1v) is 6.22. The fraction of sp³-hybridized carbons (Fsp3) is 0.385. The predicted octanol–water partition coefficient (Wildman–Crippen LogP) is 1.57. The zero-order valence-corrected chi connectivity index (χ0v) is 11.3. The molecule has 0 aliphatic rings. The van der Waals surface area contributed by atoms with E-state index in [4.69, 9.17) is 5.11 Å². The van der Waals surface area contributed by atoms with Gasteiger partial charge in [0.15, 0.2) is 5.69 Å². The summed E-state index contributed by atoms with van der Waals surface area (Å²) < 4.78 is 39.0. The predicted molar refractivity (Wildman–Crippen MR) is 69.8 cm³/mol. The highest BCUT2D eigenvalue weighted by atomic mass is 19.4. The fourth-order valence-electron chi connectivity index (χ4n) is 2.11. The Morgan fingerprint density at radius 2 is 2.05 bits per heavy atom. The Labute approximate surface area is 118 Å². The number of carbonyl (C=O) groups is 1. The Morgan fingerprint density at radius 1 is 1.38 bits per heavy atom. The van der Waals surface area contributed by atoms with Crippen LogP contribution in [0.4, 0.5) is 13.2 Å². The van der Waals surface area contributed by atoms with Crippen LogP contribution in [0.5, 0.6) is 0 Å². The number of aliphatic hydroxyl groups is 1. The number of amides is 1. The first-order chi connectivity index (χ1) is 9.83. The van der Waals surface area contributed by atoms with E-state index in [0.29, 0.717) is 15.8 Å². The molecule has 0 fully saturated rings. The summed E-state index contributed by atoms with van der Waals surface area (Å²) in [5.74, 6) is -0.849. The van der Waals surface area contributed by atoms with Gasteiger partial charge in [0.2, 0.25) is 0 Å². The van der Waals surface area contributed by atoms with Crippen LogP contribution in [0.3, 0.4) is 0 Å². The summed E-state index contributed by atoms with van der Waals surface area (Å²) in [7, 11) is 1.61. The molecule has 0 bridgehead atoms. The number of carbonyl (C=O) groups excluding carboxylic acids is 1. The molecule has 0 saturated heterocycles. The number of aryl methyl sites for hydroxylation is 1. The quantitative estimate of drug-likeness (QED) is 0.932. The number of aromatic nitrogens is 2. The van der Waals surface area contributed by atoms with Crippen molar-refractivity contribution in [1.82, 2.24) is 14.7 Å². The van der Waals surface area contributed by atoms with Gasteiger partial charge in [-0.1, -0.05) is 18.2 Å². The standard InChI is InChI=1S/C13H14F3N3O2/c1-18-10-5-3-2-4-9(10)11(17-18)12(21)19(6-7-20)8-13(14,15)16/h2-5,20H,6-8H2,1H3. The zero-order chi connectivity index (χ0) is 15.6. The summed E-state index contributed by atoms with van der Waals surface area (Å²) in [6.07, 6.45) is -4.53. The number of halogens is 3. The summed E-state index contributed by atoms with van der Waals surface area (Å²) in [4.78, 5) is 12.8. The van der Waals surface area contributed by atoms with Crippen LogP contribution in [-0.4, -0.2) is 51.6 Å². The van der Waals surface area contributed by atoms with E-state index >= 15 is 0 Å². The smallest absolute Gasteiger partial charge is 0.395 e. The summed E-state index contributed by atoms with van der Waals surface area (Å²) in [6, 6.07) is 6.78. The lowest BCUT2D eigenvalue weighted by Crippen LogP contribution is -2.41. The number of nitrogens with zero attached hydrogens (tertiary/aromatic N) is 3. The molecule has 0 atom stereocenters. The second-order valence-electron chi connectivity index (χ2n) is 4.55. The van der Waals surface area contributed by atoms with E-state index in [1.807, 2.05) is 0 Å². The number of rotatable bonds is 4. The molecule has 1 amide bonds. The molecule has 0 spiro atoms. The van der Waals surface area contributed by atoms with Crippen LogP contribution in [0.2, 0.25) is 0 Å². The molecule has 0 aliphatic heterocycles. The number of para-hydroxylation sites is 1. The van der Waals surface area contributed by atoms with Crippen LogP contribution < -0.4 is 0 Å². The maximum absolute atomic E-state index is 12.5. The summed E-state index contributed by atoms with van der Waals surface area (Å²) in [5, 5.41) is 13.3. The summed E-state index contributed by atoms with van der Waals surface area (Å²) in [5.41, 5.74) is 0.600. The van der Waals surface area contributed by atoms with Crippen LogP contribution in [0.15, 0.2) is 24.3 Å². The van der Waals surface area contributed by atoms with Gasteiger partial charge in [0.05, 0.1) is 12.1 Å². The van der Waals surface area contributed by atoms with Gasteiger partial charge in [-0.2, -0.15) is 18.3 Å². The van der Waals surface area contributed by atoms with Crippen LogP contribution in [0.25, 0.3) is 10.9 Å². The molecule has 0 unspecified atom stereocenters. The van der Waals surface area contributed by atoms with Gasteiger partial charge in [-0.25, -0.2) is 0 Å². The molecule has 0 aliphatic carbocycles. The third kappa shape index (κ3) is 3.33. The first-order valence-electron chi connectivity index (χ1n) is 6.22. The molecule has 1 N–H and O–H groups in total. The minimum atomic E-state index is -4.53. The van der Waals surface area contributed by atoms with Crippen molar-refractivity contribution < 1.29 is 23.1 Å². The third-order valence-electron chi connectivity index (χ3n) is 2.99. The van der Waals surface area contributed by atoms with E-state index < -0.39 is 31.8 Å². The van der Waals surface area contributed by atoms with Gasteiger partial charge in [0.1, 0.15) is 6.54 Å². The average molecular weight is 301 g/mol. The van der Waals surface area contributed by atoms with Crippen molar-refractivity contribution in [2.24, 2.45) is 7.05 Å². The van der Waals surface area contributed by atoms with Crippen molar-refractivity contribution in [3.63, 3.8) is 0 Å². The molecule has 1 aromatic carbocycles. The highest BCUT2D eigenvalue weighted by Gasteiger charge is 2.34. The number of aliphatic hydroxyl groups excluding tert-OH is 1. The van der Waals surface area contributed by atoms with Crippen molar-refractivity contribution in [3.8, 4) is 0 Å². The largest absolute Gasteiger partial charge is 0.406 e. The second-order valence-corrected chi connectivity index (χ2v) is 4.55. The monoisotopic (exact) mass is 301 g/mol. The maximum atomic E-state index is 12.5. The summed E-state index contributed by atoms with van der Waals surface area (Å²) in [6.45, 7) is -2.37.